The number of nitrogens with two attached hydrogens (primary N) is 1. The maximum atomic E-state index is 10.2. The maximum absolute atomic E-state index is 10.2. The third-order valence-corrected chi connectivity index (χ3v) is 1.68. The molecule has 1 saturated heterocycles. The lowest BCUT2D eigenvalue weighted by molar-refractivity contribution is -0.161. The number of rotatable bonds is 2. The van der Waals surface area contributed by atoms with E-state index in [2.05, 4.69) is 5.73 Å². The van der Waals surface area contributed by atoms with Crippen LogP contribution in [0.4, 0.5) is 0 Å². The Labute approximate surface area is 80.7 Å². The molecule has 0 aliphatic carbocycles. The van der Waals surface area contributed by atoms with Gasteiger partial charge in [0.1, 0.15) is 6.04 Å². The van der Waals surface area contributed by atoms with E-state index in [0.29, 0.717) is 13.0 Å². The van der Waals surface area contributed by atoms with E-state index in [4.69, 9.17) is 15.4 Å². The van der Waals surface area contributed by atoms with Crippen LogP contribution in [0.25, 0.3) is 0 Å². The lowest BCUT2D eigenvalue weighted by Gasteiger charge is -2.11. The zero-order valence-electron chi connectivity index (χ0n) is 7.59. The third kappa shape index (κ3) is 4.75. The summed E-state index contributed by atoms with van der Waals surface area (Å²) in [5, 5.41) is 25.7. The van der Waals surface area contributed by atoms with Gasteiger partial charge in [-0.2, -0.15) is 5.06 Å². The molecular formula is C7H14N2O5. The monoisotopic (exact) mass is 206 g/mol. The van der Waals surface area contributed by atoms with Crippen LogP contribution in [-0.2, 0) is 9.59 Å². The molecule has 0 spiro atoms. The van der Waals surface area contributed by atoms with Gasteiger partial charge in [-0.3, -0.25) is 9.59 Å². The Morgan fingerprint density at radius 3 is 2.07 bits per heavy atom. The van der Waals surface area contributed by atoms with Gasteiger partial charge in [-0.15, -0.1) is 0 Å². The minimum Gasteiger partial charge on any atom is -0.480 e. The summed E-state index contributed by atoms with van der Waals surface area (Å²) < 4.78 is 0. The Kier molecular flexibility index (Phi) is 5.77. The zero-order chi connectivity index (χ0) is 11.1. The molecule has 1 aliphatic heterocycles. The highest BCUT2D eigenvalue weighted by atomic mass is 16.5. The summed E-state index contributed by atoms with van der Waals surface area (Å²) in [6.07, 6.45) is 1.33. The highest BCUT2D eigenvalue weighted by Crippen LogP contribution is 2.13. The molecule has 0 aromatic heterocycles. The fraction of sp³-hybridized carbons (Fsp3) is 0.714. The Morgan fingerprint density at radius 1 is 1.43 bits per heavy atom. The SMILES string of the molecule is NCC(=O)O.O=C(O)[C@@H]1CCCN1O. The van der Waals surface area contributed by atoms with Crippen LogP contribution in [0, 0.1) is 0 Å². The molecular weight excluding hydrogens is 192 g/mol. The summed E-state index contributed by atoms with van der Waals surface area (Å²) in [7, 11) is 0. The first-order valence-electron chi connectivity index (χ1n) is 4.09. The second-order valence-corrected chi connectivity index (χ2v) is 2.76. The van der Waals surface area contributed by atoms with Crippen molar-refractivity contribution in [3.05, 3.63) is 0 Å². The summed E-state index contributed by atoms with van der Waals surface area (Å²) in [6.45, 7) is 0.205. The first-order chi connectivity index (χ1) is 6.49. The first kappa shape index (κ1) is 12.8. The van der Waals surface area contributed by atoms with Crippen molar-refractivity contribution in [1.29, 1.82) is 0 Å². The molecule has 7 heteroatoms. The second kappa shape index (κ2) is 6.30. The van der Waals surface area contributed by atoms with Crippen molar-refractivity contribution in [3.63, 3.8) is 0 Å². The van der Waals surface area contributed by atoms with Gasteiger partial charge in [0.2, 0.25) is 0 Å². The van der Waals surface area contributed by atoms with Crippen LogP contribution >= 0.6 is 0 Å². The van der Waals surface area contributed by atoms with E-state index in [1.54, 1.807) is 0 Å². The second-order valence-electron chi connectivity index (χ2n) is 2.76. The minimum atomic E-state index is -0.968. The number of carboxylic acid groups (broad SMARTS) is 2. The van der Waals surface area contributed by atoms with Gasteiger partial charge >= 0.3 is 11.9 Å². The number of carboxylic acids is 2. The Hall–Kier alpha value is -1.18. The quantitative estimate of drug-likeness (QED) is 0.454. The summed E-state index contributed by atoms with van der Waals surface area (Å²) in [5.74, 6) is -1.90. The Balaban J connectivity index is 0.000000292. The molecule has 14 heavy (non-hydrogen) atoms. The molecule has 0 saturated carbocycles. The molecule has 1 aliphatic rings. The van der Waals surface area contributed by atoms with Crippen LogP contribution in [-0.4, -0.2) is 51.6 Å². The van der Waals surface area contributed by atoms with Gasteiger partial charge in [0, 0.05) is 6.54 Å². The van der Waals surface area contributed by atoms with E-state index in [1.165, 1.54) is 0 Å². The van der Waals surface area contributed by atoms with Crippen molar-refractivity contribution in [1.82, 2.24) is 5.06 Å². The first-order valence-corrected chi connectivity index (χ1v) is 4.09. The number of nitrogens with zero attached hydrogens (tertiary/aromatic N) is 1. The number of carbonyl (C=O) groups is 2. The molecule has 0 unspecified atom stereocenters. The number of aliphatic carboxylic acids is 2. The number of hydrogen-bond donors (Lipinski definition) is 4. The molecule has 1 atom stereocenters. The van der Waals surface area contributed by atoms with Gasteiger partial charge in [-0.25, -0.2) is 0 Å². The molecule has 1 rings (SSSR count). The summed E-state index contributed by atoms with van der Waals surface area (Å²) in [6, 6.07) is -0.662. The summed E-state index contributed by atoms with van der Waals surface area (Å²) in [5.41, 5.74) is 4.57. The fourth-order valence-electron chi connectivity index (χ4n) is 1.00. The van der Waals surface area contributed by atoms with E-state index < -0.39 is 18.0 Å². The van der Waals surface area contributed by atoms with E-state index >= 15 is 0 Å². The third-order valence-electron chi connectivity index (χ3n) is 1.68. The van der Waals surface area contributed by atoms with Crippen molar-refractivity contribution in [2.75, 3.05) is 13.1 Å². The van der Waals surface area contributed by atoms with Gasteiger partial charge in [0.05, 0.1) is 6.54 Å². The zero-order valence-corrected chi connectivity index (χ0v) is 7.59. The van der Waals surface area contributed by atoms with E-state index in [-0.39, 0.29) is 6.54 Å². The molecule has 0 aromatic carbocycles. The maximum Gasteiger partial charge on any atom is 0.323 e. The average molecular weight is 206 g/mol. The predicted octanol–water partition coefficient (Wildman–Crippen LogP) is -1.05. The van der Waals surface area contributed by atoms with Crippen molar-refractivity contribution in [2.45, 2.75) is 18.9 Å². The van der Waals surface area contributed by atoms with Gasteiger partial charge in [0.25, 0.3) is 0 Å². The fourth-order valence-corrected chi connectivity index (χ4v) is 1.00. The van der Waals surface area contributed by atoms with E-state index in [0.717, 1.165) is 11.5 Å². The normalized spacial score (nSPS) is 21.1. The highest BCUT2D eigenvalue weighted by molar-refractivity contribution is 5.73. The molecule has 0 bridgehead atoms. The smallest absolute Gasteiger partial charge is 0.323 e. The molecule has 1 fully saturated rings. The molecule has 5 N–H and O–H groups in total. The summed E-state index contributed by atoms with van der Waals surface area (Å²) in [4.78, 5) is 19.5. The largest absolute Gasteiger partial charge is 0.480 e. The van der Waals surface area contributed by atoms with Crippen LogP contribution < -0.4 is 5.73 Å². The average Bonchev–Trinajstić information content (AvgIpc) is 2.52. The Morgan fingerprint density at radius 2 is 1.93 bits per heavy atom. The lowest BCUT2D eigenvalue weighted by atomic mass is 10.2. The highest BCUT2D eigenvalue weighted by Gasteiger charge is 2.28. The lowest BCUT2D eigenvalue weighted by Crippen LogP contribution is -2.32. The Bertz CT molecular complexity index is 208. The predicted molar refractivity (Wildman–Crippen MR) is 45.8 cm³/mol. The van der Waals surface area contributed by atoms with E-state index in [9.17, 15) is 9.59 Å². The molecule has 1 heterocycles. The molecule has 0 radical (unpaired) electrons. The number of hydrogen-bond acceptors (Lipinski definition) is 5. The van der Waals surface area contributed by atoms with Gasteiger partial charge in [0.15, 0.2) is 0 Å². The van der Waals surface area contributed by atoms with Gasteiger partial charge in [-0.1, -0.05) is 0 Å². The van der Waals surface area contributed by atoms with Crippen molar-refractivity contribution < 1.29 is 25.0 Å². The van der Waals surface area contributed by atoms with Crippen LogP contribution in [0.15, 0.2) is 0 Å². The molecule has 7 nitrogen and oxygen atoms in total. The molecule has 0 aromatic rings. The van der Waals surface area contributed by atoms with Crippen LogP contribution in [0.1, 0.15) is 12.8 Å². The minimum absolute atomic E-state index is 0.278. The van der Waals surface area contributed by atoms with E-state index in [1.807, 2.05) is 0 Å². The van der Waals surface area contributed by atoms with Crippen molar-refractivity contribution >= 4 is 11.9 Å². The van der Waals surface area contributed by atoms with Gasteiger partial charge < -0.3 is 21.2 Å². The van der Waals surface area contributed by atoms with Gasteiger partial charge in [-0.05, 0) is 12.8 Å². The molecule has 0 amide bonds. The van der Waals surface area contributed by atoms with Crippen molar-refractivity contribution in [3.8, 4) is 0 Å². The van der Waals surface area contributed by atoms with Crippen LogP contribution in [0.3, 0.4) is 0 Å². The summed E-state index contributed by atoms with van der Waals surface area (Å²) >= 11 is 0. The van der Waals surface area contributed by atoms with Crippen molar-refractivity contribution in [2.24, 2.45) is 5.73 Å². The standard InChI is InChI=1S/C5H9NO3.C2H5NO2/c7-5(8)4-2-1-3-6(4)9;3-1-2(4)5/h4,9H,1-3H2,(H,7,8);1,3H2,(H,4,5)/t4-;/m0./s1. The van der Waals surface area contributed by atoms with Crippen LogP contribution in [0.2, 0.25) is 0 Å². The van der Waals surface area contributed by atoms with Crippen LogP contribution in [0.5, 0.6) is 0 Å². The number of hydroxylamine groups is 2. The topological polar surface area (TPSA) is 124 Å². The molecule has 82 valence electrons.